The Morgan fingerprint density at radius 3 is 2.39 bits per heavy atom. The number of hydrogen-bond donors (Lipinski definition) is 1. The van der Waals surface area contributed by atoms with Gasteiger partial charge in [-0.15, -0.1) is 11.3 Å². The second-order valence-corrected chi connectivity index (χ2v) is 7.02. The Balaban J connectivity index is 0.000000338. The van der Waals surface area contributed by atoms with Crippen LogP contribution in [0.25, 0.3) is 10.1 Å². The minimum Gasteiger partial charge on any atom is -0.423 e. The molecule has 0 bridgehead atoms. The van der Waals surface area contributed by atoms with E-state index in [0.29, 0.717) is 17.6 Å². The third-order valence-corrected chi connectivity index (χ3v) is 3.53. The Kier molecular flexibility index (Phi) is 5.49. The van der Waals surface area contributed by atoms with Crippen LogP contribution in [-0.2, 0) is 10.1 Å². The van der Waals surface area contributed by atoms with Crippen molar-refractivity contribution in [3.05, 3.63) is 65.5 Å². The molecule has 3 aromatic rings. The quantitative estimate of drug-likeness (QED) is 0.434. The van der Waals surface area contributed by atoms with E-state index in [4.69, 9.17) is 9.29 Å². The zero-order valence-electron chi connectivity index (χ0n) is 12.2. The summed E-state index contributed by atoms with van der Waals surface area (Å²) < 4.78 is 32.3. The maximum atomic E-state index is 11.9. The average molecular weight is 350 g/mol. The molecule has 5 nitrogen and oxygen atoms in total. The first-order valence-electron chi connectivity index (χ1n) is 6.50. The smallest absolute Gasteiger partial charge is 0.343 e. The highest BCUT2D eigenvalue weighted by Gasteiger charge is 2.08. The molecular weight excluding hydrogens is 336 g/mol. The zero-order valence-corrected chi connectivity index (χ0v) is 13.8. The number of esters is 1. The minimum absolute atomic E-state index is 0.327. The van der Waals surface area contributed by atoms with Crippen molar-refractivity contribution in [2.45, 2.75) is 0 Å². The first-order chi connectivity index (χ1) is 10.8. The van der Waals surface area contributed by atoms with Crippen LogP contribution in [0.2, 0.25) is 0 Å². The maximum absolute atomic E-state index is 11.9. The summed E-state index contributed by atoms with van der Waals surface area (Å²) in [6.07, 6.45) is 0.715. The van der Waals surface area contributed by atoms with Crippen molar-refractivity contribution in [1.29, 1.82) is 0 Å². The molecule has 2 aromatic carbocycles. The summed E-state index contributed by atoms with van der Waals surface area (Å²) in [5.41, 5.74) is 0.559. The van der Waals surface area contributed by atoms with E-state index in [1.54, 1.807) is 23.5 Å². The van der Waals surface area contributed by atoms with Gasteiger partial charge < -0.3 is 4.74 Å². The second kappa shape index (κ2) is 7.36. The average Bonchev–Trinajstić information content (AvgIpc) is 2.94. The fourth-order valence-corrected chi connectivity index (χ4v) is 2.56. The topological polar surface area (TPSA) is 80.7 Å². The van der Waals surface area contributed by atoms with Gasteiger partial charge in [0.25, 0.3) is 10.1 Å². The third kappa shape index (κ3) is 5.82. The van der Waals surface area contributed by atoms with E-state index in [1.165, 1.54) is 5.39 Å². The van der Waals surface area contributed by atoms with E-state index >= 15 is 0 Å². The van der Waals surface area contributed by atoms with Crippen molar-refractivity contribution < 1.29 is 22.5 Å². The molecule has 23 heavy (non-hydrogen) atoms. The van der Waals surface area contributed by atoms with Crippen LogP contribution in [0.1, 0.15) is 10.4 Å². The summed E-state index contributed by atoms with van der Waals surface area (Å²) in [4.78, 5) is 11.9. The van der Waals surface area contributed by atoms with Crippen molar-refractivity contribution >= 4 is 37.5 Å². The van der Waals surface area contributed by atoms with Crippen molar-refractivity contribution in [1.82, 2.24) is 0 Å². The van der Waals surface area contributed by atoms with E-state index < -0.39 is 10.1 Å². The fourth-order valence-electron chi connectivity index (χ4n) is 1.74. The van der Waals surface area contributed by atoms with E-state index in [2.05, 4.69) is 0 Å². The van der Waals surface area contributed by atoms with Gasteiger partial charge in [-0.1, -0.05) is 18.2 Å². The van der Waals surface area contributed by atoms with Crippen molar-refractivity contribution in [2.75, 3.05) is 6.26 Å². The standard InChI is InChI=1S/C15H10O2S.CH4O3S/c16-15(12-4-2-1-3-5-12)17-13-7-6-11-8-9-18-14(11)10-13;1-5(2,3)4/h1-10H;1H3,(H,2,3,4). The zero-order chi connectivity index (χ0) is 16.9. The molecule has 0 fully saturated rings. The lowest BCUT2D eigenvalue weighted by molar-refractivity contribution is 0.0735. The summed E-state index contributed by atoms with van der Waals surface area (Å²) in [5.74, 6) is 0.255. The Labute approximate surface area is 137 Å². The molecule has 1 heterocycles. The minimum atomic E-state index is -3.67. The van der Waals surface area contributed by atoms with E-state index in [1.807, 2.05) is 47.8 Å². The largest absolute Gasteiger partial charge is 0.423 e. The molecule has 3 rings (SSSR count). The van der Waals surface area contributed by atoms with Gasteiger partial charge in [0.2, 0.25) is 0 Å². The van der Waals surface area contributed by atoms with E-state index in [-0.39, 0.29) is 5.97 Å². The van der Waals surface area contributed by atoms with Gasteiger partial charge in [-0.2, -0.15) is 8.42 Å². The Morgan fingerprint density at radius 1 is 1.09 bits per heavy atom. The lowest BCUT2D eigenvalue weighted by atomic mass is 10.2. The van der Waals surface area contributed by atoms with Gasteiger partial charge in [0.1, 0.15) is 5.75 Å². The molecule has 0 aliphatic carbocycles. The number of thiophene rings is 1. The molecule has 0 radical (unpaired) electrons. The number of hydrogen-bond acceptors (Lipinski definition) is 5. The highest BCUT2D eigenvalue weighted by molar-refractivity contribution is 7.85. The first kappa shape index (κ1) is 17.1. The van der Waals surface area contributed by atoms with Gasteiger partial charge in [-0.25, -0.2) is 4.79 Å². The molecule has 120 valence electrons. The van der Waals surface area contributed by atoms with Crippen molar-refractivity contribution in [3.8, 4) is 5.75 Å². The Hall–Kier alpha value is -2.22. The predicted molar refractivity (Wildman–Crippen MR) is 90.7 cm³/mol. The number of benzene rings is 2. The third-order valence-electron chi connectivity index (χ3n) is 2.65. The van der Waals surface area contributed by atoms with Crippen molar-refractivity contribution in [3.63, 3.8) is 0 Å². The molecule has 0 saturated heterocycles. The summed E-state index contributed by atoms with van der Waals surface area (Å²) in [6.45, 7) is 0. The maximum Gasteiger partial charge on any atom is 0.343 e. The van der Waals surface area contributed by atoms with Crippen LogP contribution in [0.5, 0.6) is 5.75 Å². The van der Waals surface area contributed by atoms with Crippen LogP contribution in [0.15, 0.2) is 60.0 Å². The molecule has 1 N–H and O–H groups in total. The summed E-state index contributed by atoms with van der Waals surface area (Å²) >= 11 is 1.63. The van der Waals surface area contributed by atoms with Crippen LogP contribution in [-0.4, -0.2) is 25.2 Å². The number of carbonyl (C=O) groups is 1. The summed E-state index contributed by atoms with van der Waals surface area (Å²) in [7, 11) is -3.67. The fraction of sp³-hybridized carbons (Fsp3) is 0.0625. The summed E-state index contributed by atoms with van der Waals surface area (Å²) in [6, 6.07) is 16.7. The molecule has 0 unspecified atom stereocenters. The monoisotopic (exact) mass is 350 g/mol. The number of carbonyl (C=O) groups excluding carboxylic acids is 1. The molecule has 0 aliphatic rings. The summed E-state index contributed by atoms with van der Waals surface area (Å²) in [5, 5.41) is 3.19. The molecular formula is C16H14O5S2. The Morgan fingerprint density at radius 2 is 1.74 bits per heavy atom. The number of ether oxygens (including phenoxy) is 1. The first-order valence-corrected chi connectivity index (χ1v) is 9.23. The molecule has 0 saturated carbocycles. The lowest BCUT2D eigenvalue weighted by Gasteiger charge is -2.04. The van der Waals surface area contributed by atoms with Gasteiger partial charge in [-0.05, 0) is 47.2 Å². The molecule has 0 amide bonds. The van der Waals surface area contributed by atoms with Gasteiger partial charge in [0, 0.05) is 4.70 Å². The van der Waals surface area contributed by atoms with Gasteiger partial charge in [0.15, 0.2) is 0 Å². The van der Waals surface area contributed by atoms with Gasteiger partial charge >= 0.3 is 5.97 Å². The molecule has 0 aliphatic heterocycles. The van der Waals surface area contributed by atoms with Gasteiger partial charge in [-0.3, -0.25) is 4.55 Å². The van der Waals surface area contributed by atoms with Crippen LogP contribution in [0.3, 0.4) is 0 Å². The van der Waals surface area contributed by atoms with Crippen LogP contribution < -0.4 is 4.74 Å². The lowest BCUT2D eigenvalue weighted by Crippen LogP contribution is -2.07. The normalized spacial score (nSPS) is 10.7. The Bertz CT molecular complexity index is 890. The predicted octanol–water partition coefficient (Wildman–Crippen LogP) is 3.62. The molecule has 0 spiro atoms. The van der Waals surface area contributed by atoms with E-state index in [0.717, 1.165) is 4.70 Å². The molecule has 1 aromatic heterocycles. The number of fused-ring (bicyclic) bond motifs is 1. The van der Waals surface area contributed by atoms with Gasteiger partial charge in [0.05, 0.1) is 11.8 Å². The number of rotatable bonds is 2. The highest BCUT2D eigenvalue weighted by Crippen LogP contribution is 2.25. The van der Waals surface area contributed by atoms with Crippen LogP contribution in [0, 0.1) is 0 Å². The van der Waals surface area contributed by atoms with E-state index in [9.17, 15) is 13.2 Å². The molecule has 0 atom stereocenters. The molecule has 7 heteroatoms. The SMILES string of the molecule is CS(=O)(=O)O.O=C(Oc1ccc2ccsc2c1)c1ccccc1. The second-order valence-electron chi connectivity index (χ2n) is 4.61. The van der Waals surface area contributed by atoms with Crippen molar-refractivity contribution in [2.24, 2.45) is 0 Å². The van der Waals surface area contributed by atoms with Crippen LogP contribution >= 0.6 is 11.3 Å². The highest BCUT2D eigenvalue weighted by atomic mass is 32.2. The van der Waals surface area contributed by atoms with Crippen LogP contribution in [0.4, 0.5) is 0 Å².